The summed E-state index contributed by atoms with van der Waals surface area (Å²) in [6.45, 7) is 8.50. The van der Waals surface area contributed by atoms with Gasteiger partial charge in [0.25, 0.3) is 0 Å². The summed E-state index contributed by atoms with van der Waals surface area (Å²) in [5.74, 6) is 2.04. The van der Waals surface area contributed by atoms with E-state index in [1.807, 2.05) is 0 Å². The minimum Gasteiger partial charge on any atom is -0.344 e. The summed E-state index contributed by atoms with van der Waals surface area (Å²) in [6.07, 6.45) is 2.48. The lowest BCUT2D eigenvalue weighted by Gasteiger charge is -2.21. The van der Waals surface area contributed by atoms with E-state index in [1.54, 1.807) is 0 Å². The smallest absolute Gasteiger partial charge is 0.126 e. The van der Waals surface area contributed by atoms with Crippen LogP contribution in [-0.2, 0) is 5.54 Å². The van der Waals surface area contributed by atoms with Crippen LogP contribution < -0.4 is 5.73 Å². The first-order valence-electron chi connectivity index (χ1n) is 5.78. The quantitative estimate of drug-likeness (QED) is 0.799. The molecule has 0 saturated heterocycles. The molecular formula is C12H21N3. The van der Waals surface area contributed by atoms with Gasteiger partial charge in [0.2, 0.25) is 0 Å². The van der Waals surface area contributed by atoms with Crippen LogP contribution >= 0.6 is 0 Å². The lowest BCUT2D eigenvalue weighted by Crippen LogP contribution is -2.36. The van der Waals surface area contributed by atoms with Crippen molar-refractivity contribution in [3.63, 3.8) is 0 Å². The van der Waals surface area contributed by atoms with Crippen molar-refractivity contribution in [2.45, 2.75) is 52.0 Å². The highest BCUT2D eigenvalue weighted by Gasteiger charge is 2.42. The van der Waals surface area contributed by atoms with Crippen LogP contribution in [0.1, 0.15) is 56.7 Å². The average molecular weight is 207 g/mol. The minimum atomic E-state index is -0.266. The second-order valence-electron chi connectivity index (χ2n) is 5.31. The lowest BCUT2D eigenvalue weighted by atomic mass is 9.97. The zero-order chi connectivity index (χ0) is 11.2. The topological polar surface area (TPSA) is 54.7 Å². The summed E-state index contributed by atoms with van der Waals surface area (Å²) >= 11 is 0. The predicted molar refractivity (Wildman–Crippen MR) is 61.7 cm³/mol. The van der Waals surface area contributed by atoms with Crippen molar-refractivity contribution in [3.8, 4) is 0 Å². The zero-order valence-corrected chi connectivity index (χ0v) is 10.1. The SMILES string of the molecule is Cc1[nH]c(C(C)(N)C2CC2)nc1C(C)C. The predicted octanol–water partition coefficient (Wildman–Crippen LogP) is 2.43. The number of aromatic nitrogens is 2. The maximum atomic E-state index is 6.33. The van der Waals surface area contributed by atoms with E-state index in [9.17, 15) is 0 Å². The molecule has 3 heteroatoms. The molecule has 0 aliphatic heterocycles. The summed E-state index contributed by atoms with van der Waals surface area (Å²) < 4.78 is 0. The molecule has 1 aromatic rings. The van der Waals surface area contributed by atoms with Gasteiger partial charge in [-0.05, 0) is 38.5 Å². The highest BCUT2D eigenvalue weighted by Crippen LogP contribution is 2.43. The first kappa shape index (κ1) is 10.7. The van der Waals surface area contributed by atoms with Gasteiger partial charge in [-0.3, -0.25) is 0 Å². The van der Waals surface area contributed by atoms with E-state index in [0.29, 0.717) is 11.8 Å². The molecule has 1 heterocycles. The van der Waals surface area contributed by atoms with E-state index in [4.69, 9.17) is 5.73 Å². The summed E-state index contributed by atoms with van der Waals surface area (Å²) in [5, 5.41) is 0. The molecule has 1 aromatic heterocycles. The molecular weight excluding hydrogens is 186 g/mol. The summed E-state index contributed by atoms with van der Waals surface area (Å²) in [6, 6.07) is 0. The van der Waals surface area contributed by atoms with Crippen molar-refractivity contribution in [1.82, 2.24) is 9.97 Å². The van der Waals surface area contributed by atoms with Crippen molar-refractivity contribution in [1.29, 1.82) is 0 Å². The molecule has 3 N–H and O–H groups in total. The Bertz CT molecular complexity index is 359. The van der Waals surface area contributed by atoms with Crippen LogP contribution in [0.3, 0.4) is 0 Å². The minimum absolute atomic E-state index is 0.266. The fraction of sp³-hybridized carbons (Fsp3) is 0.750. The van der Waals surface area contributed by atoms with E-state index in [-0.39, 0.29) is 5.54 Å². The molecule has 1 saturated carbocycles. The summed E-state index contributed by atoms with van der Waals surface area (Å²) in [7, 11) is 0. The maximum Gasteiger partial charge on any atom is 0.126 e. The number of nitrogens with two attached hydrogens (primary N) is 1. The van der Waals surface area contributed by atoms with Gasteiger partial charge >= 0.3 is 0 Å². The van der Waals surface area contributed by atoms with Crippen LogP contribution in [0.5, 0.6) is 0 Å². The standard InChI is InChI=1S/C12H21N3/c1-7(2)10-8(3)14-11(15-10)12(4,13)9-5-6-9/h7,9H,5-6,13H2,1-4H3,(H,14,15). The molecule has 1 fully saturated rings. The third-order valence-electron chi connectivity index (χ3n) is 3.40. The van der Waals surface area contributed by atoms with Gasteiger partial charge in [0, 0.05) is 5.69 Å². The fourth-order valence-corrected chi connectivity index (χ4v) is 2.17. The Morgan fingerprint density at radius 1 is 1.47 bits per heavy atom. The molecule has 2 rings (SSSR count). The number of nitrogens with one attached hydrogen (secondary N) is 1. The highest BCUT2D eigenvalue weighted by atomic mass is 15.0. The summed E-state index contributed by atoms with van der Waals surface area (Å²) in [4.78, 5) is 8.01. The first-order chi connectivity index (χ1) is 6.93. The van der Waals surface area contributed by atoms with Gasteiger partial charge in [0.05, 0.1) is 11.2 Å². The maximum absolute atomic E-state index is 6.33. The van der Waals surface area contributed by atoms with Crippen LogP contribution in [0.4, 0.5) is 0 Å². The number of H-pyrrole nitrogens is 1. The van der Waals surface area contributed by atoms with E-state index in [0.717, 1.165) is 17.2 Å². The number of aryl methyl sites for hydroxylation is 1. The van der Waals surface area contributed by atoms with Gasteiger partial charge in [0.15, 0.2) is 0 Å². The van der Waals surface area contributed by atoms with Crippen molar-refractivity contribution >= 4 is 0 Å². The molecule has 3 nitrogen and oxygen atoms in total. The number of hydrogen-bond acceptors (Lipinski definition) is 2. The average Bonchev–Trinajstić information content (AvgIpc) is 2.89. The Balaban J connectivity index is 2.33. The van der Waals surface area contributed by atoms with Gasteiger partial charge in [-0.2, -0.15) is 0 Å². The van der Waals surface area contributed by atoms with Gasteiger partial charge in [-0.25, -0.2) is 4.98 Å². The molecule has 0 spiro atoms. The van der Waals surface area contributed by atoms with E-state index < -0.39 is 0 Å². The van der Waals surface area contributed by atoms with Crippen LogP contribution in [0.25, 0.3) is 0 Å². The van der Waals surface area contributed by atoms with E-state index >= 15 is 0 Å². The summed E-state index contributed by atoms with van der Waals surface area (Å²) in [5.41, 5.74) is 8.39. The third-order valence-corrected chi connectivity index (χ3v) is 3.40. The molecule has 1 aliphatic rings. The molecule has 15 heavy (non-hydrogen) atoms. The van der Waals surface area contributed by atoms with Gasteiger partial charge < -0.3 is 10.7 Å². The molecule has 0 amide bonds. The van der Waals surface area contributed by atoms with Crippen LogP contribution in [0, 0.1) is 12.8 Å². The van der Waals surface area contributed by atoms with Crippen LogP contribution in [-0.4, -0.2) is 9.97 Å². The Labute approximate surface area is 91.5 Å². The zero-order valence-electron chi connectivity index (χ0n) is 10.1. The molecule has 0 radical (unpaired) electrons. The largest absolute Gasteiger partial charge is 0.344 e. The molecule has 0 bridgehead atoms. The van der Waals surface area contributed by atoms with Gasteiger partial charge in [-0.15, -0.1) is 0 Å². The Hall–Kier alpha value is -0.830. The highest BCUT2D eigenvalue weighted by molar-refractivity contribution is 5.21. The Morgan fingerprint density at radius 2 is 2.07 bits per heavy atom. The molecule has 0 aromatic carbocycles. The van der Waals surface area contributed by atoms with Gasteiger partial charge in [0.1, 0.15) is 5.82 Å². The van der Waals surface area contributed by atoms with Crippen molar-refractivity contribution < 1.29 is 0 Å². The Kier molecular flexibility index (Phi) is 2.38. The van der Waals surface area contributed by atoms with E-state index in [1.165, 1.54) is 12.8 Å². The van der Waals surface area contributed by atoms with Crippen molar-refractivity contribution in [2.24, 2.45) is 11.7 Å². The van der Waals surface area contributed by atoms with Gasteiger partial charge in [-0.1, -0.05) is 13.8 Å². The number of hydrogen-bond donors (Lipinski definition) is 2. The Morgan fingerprint density at radius 3 is 2.47 bits per heavy atom. The van der Waals surface area contributed by atoms with E-state index in [2.05, 4.69) is 37.7 Å². The molecule has 1 unspecified atom stereocenters. The van der Waals surface area contributed by atoms with Crippen LogP contribution in [0.15, 0.2) is 0 Å². The molecule has 1 atom stereocenters. The number of rotatable bonds is 3. The fourth-order valence-electron chi connectivity index (χ4n) is 2.17. The third kappa shape index (κ3) is 1.81. The number of aromatic amines is 1. The number of nitrogens with zero attached hydrogens (tertiary/aromatic N) is 1. The second kappa shape index (κ2) is 3.34. The number of imidazole rings is 1. The molecule has 84 valence electrons. The lowest BCUT2D eigenvalue weighted by molar-refractivity contribution is 0.403. The van der Waals surface area contributed by atoms with Crippen LogP contribution in [0.2, 0.25) is 0 Å². The second-order valence-corrected chi connectivity index (χ2v) is 5.31. The molecule has 1 aliphatic carbocycles. The normalized spacial score (nSPS) is 20.7. The first-order valence-corrected chi connectivity index (χ1v) is 5.78. The van der Waals surface area contributed by atoms with Crippen molar-refractivity contribution in [3.05, 3.63) is 17.2 Å². The monoisotopic (exact) mass is 207 g/mol. The van der Waals surface area contributed by atoms with Crippen molar-refractivity contribution in [2.75, 3.05) is 0 Å².